The van der Waals surface area contributed by atoms with E-state index in [-0.39, 0.29) is 0 Å². The van der Waals surface area contributed by atoms with Gasteiger partial charge in [-0.3, -0.25) is 5.43 Å². The molecule has 2 aromatic carbocycles. The van der Waals surface area contributed by atoms with Crippen molar-refractivity contribution in [2.24, 2.45) is 0 Å². The molecule has 23 heavy (non-hydrogen) atoms. The Kier molecular flexibility index (Phi) is 3.36. The monoisotopic (exact) mass is 304 g/mol. The highest BCUT2D eigenvalue weighted by Gasteiger charge is 2.08. The minimum atomic E-state index is 0.441. The van der Waals surface area contributed by atoms with Crippen molar-refractivity contribution in [2.45, 2.75) is 13.5 Å². The van der Waals surface area contributed by atoms with Gasteiger partial charge in [-0.05, 0) is 24.1 Å². The number of anilines is 1. The Morgan fingerprint density at radius 1 is 1.04 bits per heavy atom. The normalized spacial score (nSPS) is 11.2. The summed E-state index contributed by atoms with van der Waals surface area (Å²) in [5.74, 6) is 0.441. The fourth-order valence-corrected chi connectivity index (χ4v) is 2.56. The van der Waals surface area contributed by atoms with Crippen LogP contribution in [0.25, 0.3) is 22.1 Å². The number of rotatable bonds is 4. The molecule has 6 nitrogen and oxygen atoms in total. The molecule has 3 N–H and O–H groups in total. The van der Waals surface area contributed by atoms with Crippen molar-refractivity contribution in [1.29, 1.82) is 0 Å². The molecule has 6 heteroatoms. The van der Waals surface area contributed by atoms with Crippen molar-refractivity contribution in [2.75, 3.05) is 5.43 Å². The molecule has 4 aromatic rings. The first-order valence-corrected chi connectivity index (χ1v) is 7.45. The summed E-state index contributed by atoms with van der Waals surface area (Å²) in [6.45, 7) is 2.73. The number of nitrogens with zero attached hydrogens (tertiary/aromatic N) is 3. The molecule has 0 radical (unpaired) electrons. The minimum Gasteiger partial charge on any atom is -0.338 e. The van der Waals surface area contributed by atoms with Crippen LogP contribution in [0.15, 0.2) is 48.5 Å². The summed E-state index contributed by atoms with van der Waals surface area (Å²) in [5.41, 5.74) is 11.0. The van der Waals surface area contributed by atoms with Crippen LogP contribution in [0.5, 0.6) is 0 Å². The molecule has 0 saturated heterocycles. The maximum Gasteiger partial charge on any atom is 0.259 e. The van der Waals surface area contributed by atoms with Gasteiger partial charge in [0, 0.05) is 17.4 Å². The Morgan fingerprint density at radius 3 is 2.78 bits per heavy atom. The summed E-state index contributed by atoms with van der Waals surface area (Å²) < 4.78 is 0. The van der Waals surface area contributed by atoms with E-state index in [0.29, 0.717) is 12.5 Å². The van der Waals surface area contributed by atoms with E-state index >= 15 is 0 Å². The average molecular weight is 304 g/mol. The molecule has 114 valence electrons. The maximum atomic E-state index is 4.47. The van der Waals surface area contributed by atoms with Crippen LogP contribution in [-0.4, -0.2) is 20.2 Å². The number of hydrogen-bond acceptors (Lipinski definition) is 5. The van der Waals surface area contributed by atoms with Crippen molar-refractivity contribution in [3.63, 3.8) is 0 Å². The Hall–Kier alpha value is -2.99. The van der Waals surface area contributed by atoms with Gasteiger partial charge in [-0.15, -0.1) is 10.2 Å². The fourth-order valence-electron chi connectivity index (χ4n) is 2.56. The lowest BCUT2D eigenvalue weighted by Gasteiger charge is -2.05. The summed E-state index contributed by atoms with van der Waals surface area (Å²) >= 11 is 0. The number of fused-ring (bicyclic) bond motifs is 3. The van der Waals surface area contributed by atoms with Crippen LogP contribution in [0.1, 0.15) is 11.1 Å². The van der Waals surface area contributed by atoms with E-state index in [4.69, 9.17) is 0 Å². The molecule has 4 rings (SSSR count). The summed E-state index contributed by atoms with van der Waals surface area (Å²) in [6.07, 6.45) is 0. The minimum absolute atomic E-state index is 0.441. The first-order chi connectivity index (χ1) is 11.3. The second kappa shape index (κ2) is 5.66. The maximum absolute atomic E-state index is 4.47. The lowest BCUT2D eigenvalue weighted by molar-refractivity contribution is 0.780. The quantitative estimate of drug-likeness (QED) is 0.505. The first-order valence-electron chi connectivity index (χ1n) is 7.45. The molecule has 0 saturated carbocycles. The molecule has 0 aliphatic carbocycles. The van der Waals surface area contributed by atoms with E-state index in [1.54, 1.807) is 0 Å². The van der Waals surface area contributed by atoms with Crippen LogP contribution in [-0.2, 0) is 6.54 Å². The average Bonchev–Trinajstić information content (AvgIpc) is 2.92. The van der Waals surface area contributed by atoms with E-state index in [1.807, 2.05) is 24.3 Å². The summed E-state index contributed by atoms with van der Waals surface area (Å²) in [6, 6.07) is 16.3. The SMILES string of the molecule is Cc1ccc2c(c1)[nH]c1nc(NNCc3ccccc3)nnc12. The first kappa shape index (κ1) is 13.7. The third-order valence-corrected chi connectivity index (χ3v) is 3.71. The lowest BCUT2D eigenvalue weighted by atomic mass is 10.2. The number of nitrogens with one attached hydrogen (secondary N) is 3. The highest BCUT2D eigenvalue weighted by Crippen LogP contribution is 2.23. The fraction of sp³-hybridized carbons (Fsp3) is 0.118. The van der Waals surface area contributed by atoms with Gasteiger partial charge in [0.1, 0.15) is 5.52 Å². The number of aromatic amines is 1. The molecule has 0 unspecified atom stereocenters. The van der Waals surface area contributed by atoms with Gasteiger partial charge >= 0.3 is 0 Å². The van der Waals surface area contributed by atoms with Crippen LogP contribution in [0.3, 0.4) is 0 Å². The Bertz CT molecular complexity index is 961. The van der Waals surface area contributed by atoms with Crippen LogP contribution in [0.2, 0.25) is 0 Å². The van der Waals surface area contributed by atoms with Crippen LogP contribution < -0.4 is 10.9 Å². The molecule has 0 bridgehead atoms. The van der Waals surface area contributed by atoms with Crippen LogP contribution >= 0.6 is 0 Å². The van der Waals surface area contributed by atoms with Gasteiger partial charge in [0.15, 0.2) is 5.65 Å². The number of aromatic nitrogens is 4. The Balaban J connectivity index is 1.55. The second-order valence-electron chi connectivity index (χ2n) is 5.47. The Morgan fingerprint density at radius 2 is 1.91 bits per heavy atom. The standard InChI is InChI=1S/C17H16N6/c1-11-7-8-13-14(9-11)19-16-15(13)21-23-17(20-16)22-18-10-12-5-3-2-4-6-12/h2-9,18H,10H2,1H3,(H2,19,20,22,23). The van der Waals surface area contributed by atoms with Crippen LogP contribution in [0, 0.1) is 6.92 Å². The van der Waals surface area contributed by atoms with Crippen molar-refractivity contribution < 1.29 is 0 Å². The molecule has 2 heterocycles. The summed E-state index contributed by atoms with van der Waals surface area (Å²) in [5, 5.41) is 9.44. The molecule has 0 aliphatic heterocycles. The molecule has 0 fully saturated rings. The van der Waals surface area contributed by atoms with Gasteiger partial charge in [0.25, 0.3) is 5.95 Å². The van der Waals surface area contributed by atoms with E-state index in [0.717, 1.165) is 22.1 Å². The highest BCUT2D eigenvalue weighted by atomic mass is 15.4. The van der Waals surface area contributed by atoms with Gasteiger partial charge in [0.2, 0.25) is 0 Å². The molecular weight excluding hydrogens is 288 g/mol. The van der Waals surface area contributed by atoms with E-state index in [9.17, 15) is 0 Å². The summed E-state index contributed by atoms with van der Waals surface area (Å²) in [7, 11) is 0. The van der Waals surface area contributed by atoms with E-state index in [2.05, 4.69) is 62.2 Å². The number of H-pyrrole nitrogens is 1. The zero-order valence-corrected chi connectivity index (χ0v) is 12.7. The van der Waals surface area contributed by atoms with Crippen molar-refractivity contribution in [1.82, 2.24) is 25.6 Å². The lowest BCUT2D eigenvalue weighted by Crippen LogP contribution is -2.22. The highest BCUT2D eigenvalue weighted by molar-refractivity contribution is 6.03. The topological polar surface area (TPSA) is 78.5 Å². The van der Waals surface area contributed by atoms with Crippen molar-refractivity contribution in [3.05, 3.63) is 59.7 Å². The van der Waals surface area contributed by atoms with Gasteiger partial charge in [-0.2, -0.15) is 4.98 Å². The molecule has 0 atom stereocenters. The zero-order valence-electron chi connectivity index (χ0n) is 12.7. The van der Waals surface area contributed by atoms with Crippen LogP contribution in [0.4, 0.5) is 5.95 Å². The van der Waals surface area contributed by atoms with Gasteiger partial charge < -0.3 is 4.98 Å². The predicted molar refractivity (Wildman–Crippen MR) is 90.8 cm³/mol. The Labute approximate surface area is 132 Å². The van der Waals surface area contributed by atoms with Gasteiger partial charge in [-0.1, -0.05) is 42.5 Å². The number of benzene rings is 2. The second-order valence-corrected chi connectivity index (χ2v) is 5.47. The number of hydrogen-bond donors (Lipinski definition) is 3. The van der Waals surface area contributed by atoms with E-state index < -0.39 is 0 Å². The smallest absolute Gasteiger partial charge is 0.259 e. The van der Waals surface area contributed by atoms with Crippen molar-refractivity contribution >= 4 is 28.0 Å². The van der Waals surface area contributed by atoms with Gasteiger partial charge in [-0.25, -0.2) is 5.43 Å². The molecule has 0 aliphatic rings. The van der Waals surface area contributed by atoms with Crippen molar-refractivity contribution in [3.8, 4) is 0 Å². The zero-order chi connectivity index (χ0) is 15.6. The molecule has 2 aromatic heterocycles. The largest absolute Gasteiger partial charge is 0.338 e. The third-order valence-electron chi connectivity index (χ3n) is 3.71. The molecular formula is C17H16N6. The molecule has 0 spiro atoms. The molecule has 0 amide bonds. The number of aryl methyl sites for hydroxylation is 1. The predicted octanol–water partition coefficient (Wildman–Crippen LogP) is 2.93. The third kappa shape index (κ3) is 2.72. The van der Waals surface area contributed by atoms with Gasteiger partial charge in [0.05, 0.1) is 0 Å². The number of hydrazine groups is 1. The van der Waals surface area contributed by atoms with E-state index in [1.165, 1.54) is 11.1 Å². The summed E-state index contributed by atoms with van der Waals surface area (Å²) in [4.78, 5) is 7.76.